The third-order valence-corrected chi connectivity index (χ3v) is 4.01. The van der Waals surface area contributed by atoms with E-state index in [4.69, 9.17) is 10.5 Å². The fraction of sp³-hybridized carbons (Fsp3) is 0.316. The Morgan fingerprint density at radius 3 is 2.27 bits per heavy atom. The number of hydrogen-bond acceptors (Lipinski definition) is 4. The average Bonchev–Trinajstić information content (AvgIpc) is 2.61. The van der Waals surface area contributed by atoms with Gasteiger partial charge in [-0.1, -0.05) is 42.5 Å². The molecule has 1 amide bonds. The van der Waals surface area contributed by atoms with Gasteiger partial charge in [0.1, 0.15) is 11.8 Å². The molecule has 0 fully saturated rings. The summed E-state index contributed by atoms with van der Waals surface area (Å²) in [6.45, 7) is 0.472. The van der Waals surface area contributed by atoms with Crippen molar-refractivity contribution in [2.75, 3.05) is 27.7 Å². The quantitative estimate of drug-likeness (QED) is 0.750. The highest BCUT2D eigenvalue weighted by Gasteiger charge is 2.19. The number of nitrogens with zero attached hydrogens (tertiary/aromatic N) is 1. The molecule has 26 heavy (non-hydrogen) atoms. The largest absolute Gasteiger partial charge is 0.497 e. The molecular weight excluding hydrogens is 373 g/mol. The maximum atomic E-state index is 12.3. The van der Waals surface area contributed by atoms with Gasteiger partial charge in [-0.05, 0) is 37.4 Å². The highest BCUT2D eigenvalue weighted by molar-refractivity contribution is 5.85. The number of rotatable bonds is 7. The molecule has 0 saturated heterocycles. The summed E-state index contributed by atoms with van der Waals surface area (Å²) in [4.78, 5) is 14.4. The first-order chi connectivity index (χ1) is 11.5. The Hall–Kier alpha value is -1.79. The van der Waals surface area contributed by atoms with Crippen molar-refractivity contribution in [3.05, 3.63) is 65.7 Å². The summed E-state index contributed by atoms with van der Waals surface area (Å²) in [5, 5.41) is 2.95. The van der Waals surface area contributed by atoms with E-state index in [9.17, 15) is 4.79 Å². The van der Waals surface area contributed by atoms with Crippen molar-refractivity contribution in [3.63, 3.8) is 0 Å². The molecule has 2 aromatic rings. The number of likely N-dealkylation sites (N-methyl/N-ethyl adjacent to an activating group) is 1. The zero-order valence-corrected chi connectivity index (χ0v) is 16.8. The molecule has 0 radical (unpaired) electrons. The second-order valence-corrected chi connectivity index (χ2v) is 5.89. The molecule has 0 saturated carbocycles. The molecule has 144 valence electrons. The van der Waals surface area contributed by atoms with Crippen LogP contribution in [0.25, 0.3) is 0 Å². The van der Waals surface area contributed by atoms with Crippen molar-refractivity contribution in [2.45, 2.75) is 12.1 Å². The van der Waals surface area contributed by atoms with Gasteiger partial charge < -0.3 is 20.7 Å². The third kappa shape index (κ3) is 6.50. The summed E-state index contributed by atoms with van der Waals surface area (Å²) in [5.74, 6) is 0.614. The van der Waals surface area contributed by atoms with Crippen LogP contribution in [0, 0.1) is 0 Å². The zero-order valence-electron chi connectivity index (χ0n) is 15.2. The number of nitrogens with two attached hydrogens (primary N) is 1. The summed E-state index contributed by atoms with van der Waals surface area (Å²) in [7, 11) is 5.60. The van der Waals surface area contributed by atoms with Crippen LogP contribution in [0.5, 0.6) is 5.75 Å². The number of nitrogens with one attached hydrogen (secondary N) is 1. The highest BCUT2D eigenvalue weighted by Crippen LogP contribution is 2.22. The van der Waals surface area contributed by atoms with Crippen LogP contribution >= 0.6 is 24.8 Å². The zero-order chi connectivity index (χ0) is 17.5. The van der Waals surface area contributed by atoms with Crippen molar-refractivity contribution < 1.29 is 9.53 Å². The highest BCUT2D eigenvalue weighted by atomic mass is 35.5. The van der Waals surface area contributed by atoms with Gasteiger partial charge in [-0.15, -0.1) is 24.8 Å². The van der Waals surface area contributed by atoms with Gasteiger partial charge in [-0.25, -0.2) is 0 Å². The van der Waals surface area contributed by atoms with Crippen LogP contribution in [0.15, 0.2) is 54.6 Å². The summed E-state index contributed by atoms with van der Waals surface area (Å²) >= 11 is 0. The molecule has 0 heterocycles. The smallest absolute Gasteiger partial charge is 0.241 e. The number of benzene rings is 2. The second kappa shape index (κ2) is 11.8. The Balaban J connectivity index is 0.00000312. The van der Waals surface area contributed by atoms with E-state index in [-0.39, 0.29) is 36.8 Å². The van der Waals surface area contributed by atoms with Crippen molar-refractivity contribution in [1.82, 2.24) is 10.2 Å². The Bertz CT molecular complexity index is 669. The number of hydrogen-bond donors (Lipinski definition) is 2. The van der Waals surface area contributed by atoms with Gasteiger partial charge in [-0.3, -0.25) is 4.79 Å². The first-order valence-corrected chi connectivity index (χ1v) is 7.91. The number of amides is 1. The predicted molar refractivity (Wildman–Crippen MR) is 110 cm³/mol. The van der Waals surface area contributed by atoms with E-state index in [1.165, 1.54) is 0 Å². The third-order valence-electron chi connectivity index (χ3n) is 4.01. The molecule has 0 aliphatic carbocycles. The van der Waals surface area contributed by atoms with Crippen LogP contribution in [0.4, 0.5) is 0 Å². The van der Waals surface area contributed by atoms with E-state index >= 15 is 0 Å². The molecule has 2 atom stereocenters. The van der Waals surface area contributed by atoms with E-state index in [2.05, 4.69) is 10.2 Å². The van der Waals surface area contributed by atoms with Crippen molar-refractivity contribution >= 4 is 30.7 Å². The summed E-state index contributed by atoms with van der Waals surface area (Å²) in [5.41, 5.74) is 7.92. The van der Waals surface area contributed by atoms with Crippen LogP contribution in [0.2, 0.25) is 0 Å². The lowest BCUT2D eigenvalue weighted by atomic mass is 10.0. The number of carbonyl (C=O) groups is 1. The van der Waals surface area contributed by atoms with Gasteiger partial charge in [-0.2, -0.15) is 0 Å². The number of methoxy groups -OCH3 is 1. The SMILES string of the molecule is COc1cccc(C(CNC(=O)C(N)c2ccccc2)N(C)C)c1.Cl.Cl. The average molecular weight is 400 g/mol. The lowest BCUT2D eigenvalue weighted by molar-refractivity contribution is -0.122. The molecule has 0 aliphatic rings. The topological polar surface area (TPSA) is 67.6 Å². The van der Waals surface area contributed by atoms with E-state index in [1.807, 2.05) is 68.7 Å². The summed E-state index contributed by atoms with van der Waals surface area (Å²) in [6.07, 6.45) is 0. The maximum Gasteiger partial charge on any atom is 0.241 e. The molecule has 2 unspecified atom stereocenters. The molecule has 3 N–H and O–H groups in total. The van der Waals surface area contributed by atoms with Crippen LogP contribution in [-0.4, -0.2) is 38.6 Å². The van der Waals surface area contributed by atoms with Gasteiger partial charge in [0.15, 0.2) is 0 Å². The van der Waals surface area contributed by atoms with Crippen LogP contribution in [-0.2, 0) is 4.79 Å². The first-order valence-electron chi connectivity index (χ1n) is 7.91. The predicted octanol–water partition coefficient (Wildman–Crippen LogP) is 2.96. The van der Waals surface area contributed by atoms with Gasteiger partial charge in [0.25, 0.3) is 0 Å². The molecule has 0 aromatic heterocycles. The fourth-order valence-corrected chi connectivity index (χ4v) is 2.57. The normalized spacial score (nSPS) is 12.3. The minimum absolute atomic E-state index is 0. The standard InChI is InChI=1S/C19H25N3O2.2ClH/c1-22(2)17(15-10-7-11-16(12-15)24-3)13-21-19(23)18(20)14-8-5-4-6-9-14;;/h4-12,17-18H,13,20H2,1-3H3,(H,21,23);2*1H. The molecular formula is C19H27Cl2N3O2. The van der Waals surface area contributed by atoms with Crippen molar-refractivity contribution in [2.24, 2.45) is 5.73 Å². The van der Waals surface area contributed by atoms with Gasteiger partial charge >= 0.3 is 0 Å². The second-order valence-electron chi connectivity index (χ2n) is 5.89. The minimum atomic E-state index is -0.667. The van der Waals surface area contributed by atoms with Crippen LogP contribution in [0.3, 0.4) is 0 Å². The Morgan fingerprint density at radius 2 is 1.69 bits per heavy atom. The van der Waals surface area contributed by atoms with Crippen LogP contribution < -0.4 is 15.8 Å². The first kappa shape index (κ1) is 24.2. The summed E-state index contributed by atoms with van der Waals surface area (Å²) < 4.78 is 5.28. The Kier molecular flexibility index (Phi) is 10.9. The van der Waals surface area contributed by atoms with Gasteiger partial charge in [0.2, 0.25) is 5.91 Å². The van der Waals surface area contributed by atoms with E-state index in [0.29, 0.717) is 6.54 Å². The molecule has 7 heteroatoms. The molecule has 0 bridgehead atoms. The molecule has 2 rings (SSSR count). The van der Waals surface area contributed by atoms with Crippen molar-refractivity contribution in [3.8, 4) is 5.75 Å². The van der Waals surface area contributed by atoms with E-state index in [1.54, 1.807) is 7.11 Å². The van der Waals surface area contributed by atoms with Gasteiger partial charge in [0.05, 0.1) is 13.2 Å². The molecule has 0 spiro atoms. The lowest BCUT2D eigenvalue weighted by Crippen LogP contribution is -2.39. The molecule has 5 nitrogen and oxygen atoms in total. The van der Waals surface area contributed by atoms with Gasteiger partial charge in [0, 0.05) is 6.54 Å². The minimum Gasteiger partial charge on any atom is -0.497 e. The van der Waals surface area contributed by atoms with E-state index < -0.39 is 6.04 Å². The fourth-order valence-electron chi connectivity index (χ4n) is 2.57. The Morgan fingerprint density at radius 1 is 1.08 bits per heavy atom. The molecule has 2 aromatic carbocycles. The number of carbonyl (C=O) groups excluding carboxylic acids is 1. The molecule has 0 aliphatic heterocycles. The number of halogens is 2. The van der Waals surface area contributed by atoms with Crippen molar-refractivity contribution in [1.29, 1.82) is 0 Å². The lowest BCUT2D eigenvalue weighted by Gasteiger charge is -2.26. The maximum absolute atomic E-state index is 12.3. The number of ether oxygens (including phenoxy) is 1. The monoisotopic (exact) mass is 399 g/mol. The summed E-state index contributed by atoms with van der Waals surface area (Å²) in [6, 6.07) is 16.6. The Labute approximate surface area is 167 Å². The van der Waals surface area contributed by atoms with E-state index in [0.717, 1.165) is 16.9 Å². The van der Waals surface area contributed by atoms with Crippen LogP contribution in [0.1, 0.15) is 23.2 Å².